The van der Waals surface area contributed by atoms with Crippen molar-refractivity contribution in [2.24, 2.45) is 11.7 Å². The molecular weight excluding hydrogens is 242 g/mol. The molecule has 0 aromatic carbocycles. The van der Waals surface area contributed by atoms with Crippen LogP contribution >= 0.6 is 0 Å². The van der Waals surface area contributed by atoms with E-state index in [-0.39, 0.29) is 11.9 Å². The molecule has 0 spiro atoms. The normalized spacial score (nSPS) is 22.8. The monoisotopic (exact) mass is 259 g/mol. The molecule has 1 amide bonds. The van der Waals surface area contributed by atoms with E-state index in [4.69, 9.17) is 5.73 Å². The van der Waals surface area contributed by atoms with E-state index in [0.717, 1.165) is 24.9 Å². The van der Waals surface area contributed by atoms with Crippen molar-refractivity contribution in [2.75, 3.05) is 5.32 Å². The number of nitrogens with one attached hydrogen (secondary N) is 1. The van der Waals surface area contributed by atoms with Gasteiger partial charge in [-0.2, -0.15) is 0 Å². The summed E-state index contributed by atoms with van der Waals surface area (Å²) >= 11 is 0. The number of anilines is 1. The van der Waals surface area contributed by atoms with Crippen LogP contribution in [-0.4, -0.2) is 26.5 Å². The minimum absolute atomic E-state index is 0.0412. The summed E-state index contributed by atoms with van der Waals surface area (Å²) in [5.41, 5.74) is 6.70. The molecule has 0 bridgehead atoms. The van der Waals surface area contributed by atoms with E-state index in [1.807, 2.05) is 24.4 Å². The average molecular weight is 259 g/mol. The van der Waals surface area contributed by atoms with Crippen molar-refractivity contribution >= 4 is 17.5 Å². The molecule has 1 aliphatic carbocycles. The first kappa shape index (κ1) is 12.1. The van der Waals surface area contributed by atoms with Crippen LogP contribution < -0.4 is 11.1 Å². The molecule has 0 unspecified atom stereocenters. The zero-order valence-corrected chi connectivity index (χ0v) is 10.6. The minimum atomic E-state index is -0.0412. The number of hydrogen-bond acceptors (Lipinski definition) is 4. The van der Waals surface area contributed by atoms with E-state index >= 15 is 0 Å². The van der Waals surface area contributed by atoms with Gasteiger partial charge in [0.1, 0.15) is 0 Å². The van der Waals surface area contributed by atoms with Gasteiger partial charge in [-0.25, -0.2) is 0 Å². The number of aromatic nitrogens is 3. The maximum atomic E-state index is 12.0. The van der Waals surface area contributed by atoms with E-state index in [1.54, 1.807) is 4.40 Å². The summed E-state index contributed by atoms with van der Waals surface area (Å²) in [5, 5.41) is 10.8. The molecule has 19 heavy (non-hydrogen) atoms. The highest BCUT2D eigenvalue weighted by atomic mass is 16.1. The van der Waals surface area contributed by atoms with Gasteiger partial charge in [0, 0.05) is 18.7 Å². The second kappa shape index (κ2) is 4.97. The molecule has 1 fully saturated rings. The second-order valence-corrected chi connectivity index (χ2v) is 5.06. The molecule has 6 heteroatoms. The Kier molecular flexibility index (Phi) is 3.16. The van der Waals surface area contributed by atoms with Crippen molar-refractivity contribution in [3.63, 3.8) is 0 Å². The fourth-order valence-electron chi connectivity index (χ4n) is 2.66. The summed E-state index contributed by atoms with van der Waals surface area (Å²) in [6.07, 6.45) is 5.46. The molecular formula is C13H17N5O. The van der Waals surface area contributed by atoms with Crippen LogP contribution in [0.3, 0.4) is 0 Å². The number of carbonyl (C=O) groups excluding carboxylic acids is 1. The number of amides is 1. The van der Waals surface area contributed by atoms with Crippen LogP contribution in [0, 0.1) is 5.92 Å². The van der Waals surface area contributed by atoms with Gasteiger partial charge >= 0.3 is 0 Å². The van der Waals surface area contributed by atoms with Gasteiger partial charge in [-0.05, 0) is 30.9 Å². The Labute approximate surface area is 111 Å². The zero-order chi connectivity index (χ0) is 13.2. The topological polar surface area (TPSA) is 85.3 Å². The van der Waals surface area contributed by atoms with E-state index in [2.05, 4.69) is 15.5 Å². The van der Waals surface area contributed by atoms with Crippen molar-refractivity contribution in [3.05, 3.63) is 24.4 Å². The molecule has 6 nitrogen and oxygen atoms in total. The fraction of sp³-hybridized carbons (Fsp3) is 0.462. The van der Waals surface area contributed by atoms with Crippen molar-refractivity contribution in [2.45, 2.75) is 31.7 Å². The lowest BCUT2D eigenvalue weighted by molar-refractivity contribution is -0.117. The highest BCUT2D eigenvalue weighted by molar-refractivity contribution is 5.89. The Balaban J connectivity index is 1.69. The van der Waals surface area contributed by atoms with Crippen LogP contribution in [0.1, 0.15) is 25.7 Å². The molecule has 1 saturated carbocycles. The number of rotatable bonds is 3. The highest BCUT2D eigenvalue weighted by Crippen LogP contribution is 2.27. The molecule has 2 aromatic heterocycles. The largest absolute Gasteiger partial charge is 0.327 e. The Morgan fingerprint density at radius 1 is 1.42 bits per heavy atom. The van der Waals surface area contributed by atoms with Gasteiger partial charge in [0.2, 0.25) is 11.9 Å². The van der Waals surface area contributed by atoms with Gasteiger partial charge in [0.05, 0.1) is 0 Å². The summed E-state index contributed by atoms with van der Waals surface area (Å²) in [6.45, 7) is 0. The van der Waals surface area contributed by atoms with Crippen LogP contribution in [0.2, 0.25) is 0 Å². The Morgan fingerprint density at radius 2 is 2.32 bits per heavy atom. The molecule has 2 atom stereocenters. The van der Waals surface area contributed by atoms with Crippen LogP contribution in [0.4, 0.5) is 5.95 Å². The molecule has 3 rings (SSSR count). The van der Waals surface area contributed by atoms with Gasteiger partial charge in [-0.1, -0.05) is 12.5 Å². The van der Waals surface area contributed by atoms with Crippen molar-refractivity contribution < 1.29 is 4.79 Å². The van der Waals surface area contributed by atoms with Crippen LogP contribution in [0.5, 0.6) is 0 Å². The number of carbonyl (C=O) groups is 1. The molecule has 2 heterocycles. The predicted octanol–water partition coefficient (Wildman–Crippen LogP) is 1.19. The number of pyridine rings is 1. The van der Waals surface area contributed by atoms with Crippen molar-refractivity contribution in [3.8, 4) is 0 Å². The Bertz CT molecular complexity index is 593. The third-order valence-electron chi connectivity index (χ3n) is 3.73. The number of hydrogen-bond donors (Lipinski definition) is 2. The van der Waals surface area contributed by atoms with E-state index < -0.39 is 0 Å². The van der Waals surface area contributed by atoms with E-state index in [0.29, 0.717) is 18.3 Å². The number of nitrogens with two attached hydrogens (primary N) is 1. The first-order valence-corrected chi connectivity index (χ1v) is 6.59. The Hall–Kier alpha value is -1.95. The van der Waals surface area contributed by atoms with Gasteiger partial charge in [-0.3, -0.25) is 14.5 Å². The maximum Gasteiger partial charge on any atom is 0.235 e. The second-order valence-electron chi connectivity index (χ2n) is 5.06. The van der Waals surface area contributed by atoms with E-state index in [1.165, 1.54) is 0 Å². The summed E-state index contributed by atoms with van der Waals surface area (Å²) in [4.78, 5) is 12.0. The van der Waals surface area contributed by atoms with Crippen LogP contribution in [0.25, 0.3) is 5.65 Å². The van der Waals surface area contributed by atoms with Gasteiger partial charge < -0.3 is 5.73 Å². The molecule has 1 aliphatic rings. The average Bonchev–Trinajstić information content (AvgIpc) is 2.98. The van der Waals surface area contributed by atoms with E-state index in [9.17, 15) is 4.79 Å². The van der Waals surface area contributed by atoms with Crippen molar-refractivity contribution in [1.29, 1.82) is 0 Å². The maximum absolute atomic E-state index is 12.0. The SMILES string of the molecule is N[C@@H]1CCC[C@H]1CC(=O)Nc1nnc2ccccn12. The smallest absolute Gasteiger partial charge is 0.235 e. The molecule has 3 N–H and O–H groups in total. The molecule has 100 valence electrons. The molecule has 0 aliphatic heterocycles. The lowest BCUT2D eigenvalue weighted by atomic mass is 10.00. The fourth-order valence-corrected chi connectivity index (χ4v) is 2.66. The zero-order valence-electron chi connectivity index (χ0n) is 10.6. The van der Waals surface area contributed by atoms with Gasteiger partial charge in [0.15, 0.2) is 5.65 Å². The quantitative estimate of drug-likeness (QED) is 0.867. The molecule has 0 saturated heterocycles. The van der Waals surface area contributed by atoms with Crippen LogP contribution in [-0.2, 0) is 4.79 Å². The summed E-state index contributed by atoms with van der Waals surface area (Å²) in [7, 11) is 0. The van der Waals surface area contributed by atoms with Gasteiger partial charge in [-0.15, -0.1) is 10.2 Å². The lowest BCUT2D eigenvalue weighted by Crippen LogP contribution is -2.28. The minimum Gasteiger partial charge on any atom is -0.327 e. The standard InChI is InChI=1S/C13H17N5O/c14-10-5-3-4-9(10)8-12(19)15-13-17-16-11-6-1-2-7-18(11)13/h1-2,6-7,9-10H,3-5,8,14H2,(H,15,17,19)/t9-,10+/m0/s1. The lowest BCUT2D eigenvalue weighted by Gasteiger charge is -2.14. The third-order valence-corrected chi connectivity index (χ3v) is 3.73. The third kappa shape index (κ3) is 2.44. The summed E-state index contributed by atoms with van der Waals surface area (Å²) in [5.74, 6) is 0.715. The molecule has 2 aromatic rings. The first-order chi connectivity index (χ1) is 9.24. The summed E-state index contributed by atoms with van der Waals surface area (Å²) in [6, 6.07) is 5.75. The first-order valence-electron chi connectivity index (χ1n) is 6.59. The number of nitrogens with zero attached hydrogens (tertiary/aromatic N) is 3. The van der Waals surface area contributed by atoms with Crippen molar-refractivity contribution in [1.82, 2.24) is 14.6 Å². The Morgan fingerprint density at radius 3 is 3.11 bits per heavy atom. The highest BCUT2D eigenvalue weighted by Gasteiger charge is 2.26. The predicted molar refractivity (Wildman–Crippen MR) is 71.6 cm³/mol. The number of fused-ring (bicyclic) bond motifs is 1. The van der Waals surface area contributed by atoms with Crippen LogP contribution in [0.15, 0.2) is 24.4 Å². The summed E-state index contributed by atoms with van der Waals surface area (Å²) < 4.78 is 1.76. The molecule has 0 radical (unpaired) electrons. The van der Waals surface area contributed by atoms with Gasteiger partial charge in [0.25, 0.3) is 0 Å².